The van der Waals surface area contributed by atoms with Crippen LogP contribution in [0, 0.1) is 5.92 Å². The van der Waals surface area contributed by atoms with E-state index < -0.39 is 0 Å². The summed E-state index contributed by atoms with van der Waals surface area (Å²) in [6.07, 6.45) is 2.01. The lowest BCUT2D eigenvalue weighted by Gasteiger charge is -2.20. The van der Waals surface area contributed by atoms with Crippen molar-refractivity contribution in [2.75, 3.05) is 6.54 Å². The average Bonchev–Trinajstić information content (AvgIpc) is 3.00. The van der Waals surface area contributed by atoms with Gasteiger partial charge in [0, 0.05) is 40.5 Å². The number of rotatable bonds is 5. The Bertz CT molecular complexity index is 853. The van der Waals surface area contributed by atoms with Crippen LogP contribution in [0.5, 0.6) is 0 Å². The minimum absolute atomic E-state index is 0.00227. The summed E-state index contributed by atoms with van der Waals surface area (Å²) in [5.74, 6) is 0.00399. The number of fused-ring (bicyclic) bond motifs is 1. The molecule has 2 aromatic carbocycles. The predicted octanol–water partition coefficient (Wildman–Crippen LogP) is 4.73. The number of para-hydroxylation sites is 1. The molecule has 0 aliphatic heterocycles. The minimum atomic E-state index is -0.0418. The number of halogens is 1. The lowest BCUT2D eigenvalue weighted by molar-refractivity contribution is -0.124. The Hall–Kier alpha value is -2.26. The maximum atomic E-state index is 12.0. The Kier molecular flexibility index (Phi) is 4.91. The van der Waals surface area contributed by atoms with Crippen LogP contribution in [-0.4, -0.2) is 17.4 Å². The first kappa shape index (κ1) is 16.6. The molecule has 3 aromatic rings. The Balaban J connectivity index is 2.02. The van der Waals surface area contributed by atoms with Crippen molar-refractivity contribution in [3.63, 3.8) is 0 Å². The fourth-order valence-electron chi connectivity index (χ4n) is 2.93. The number of carbonyl (C=O) groups is 1. The van der Waals surface area contributed by atoms with Gasteiger partial charge in [-0.05, 0) is 23.3 Å². The number of hydrogen-bond donors (Lipinski definition) is 2. The molecule has 3 rings (SSSR count). The second-order valence-electron chi connectivity index (χ2n) is 6.26. The number of benzene rings is 2. The molecule has 0 aliphatic carbocycles. The number of hydrogen-bond acceptors (Lipinski definition) is 1. The summed E-state index contributed by atoms with van der Waals surface area (Å²) in [7, 11) is 0. The molecule has 124 valence electrons. The molecule has 0 unspecified atom stereocenters. The number of H-pyrrole nitrogens is 1. The van der Waals surface area contributed by atoms with Crippen LogP contribution in [0.15, 0.2) is 54.7 Å². The normalized spacial score (nSPS) is 12.5. The van der Waals surface area contributed by atoms with Crippen LogP contribution in [0.2, 0.25) is 5.02 Å². The van der Waals surface area contributed by atoms with Crippen molar-refractivity contribution in [2.45, 2.75) is 19.8 Å². The summed E-state index contributed by atoms with van der Waals surface area (Å²) in [4.78, 5) is 15.4. The van der Waals surface area contributed by atoms with E-state index in [4.69, 9.17) is 11.6 Å². The molecule has 1 amide bonds. The summed E-state index contributed by atoms with van der Waals surface area (Å²) in [5, 5.41) is 4.92. The molecule has 0 spiro atoms. The molecule has 1 aromatic heterocycles. The van der Waals surface area contributed by atoms with Gasteiger partial charge in [-0.25, -0.2) is 0 Å². The Morgan fingerprint density at radius 2 is 1.79 bits per heavy atom. The maximum Gasteiger partial charge on any atom is 0.222 e. The van der Waals surface area contributed by atoms with E-state index in [0.29, 0.717) is 11.6 Å². The van der Waals surface area contributed by atoms with Crippen LogP contribution in [0.1, 0.15) is 30.9 Å². The molecule has 0 fully saturated rings. The molecule has 3 nitrogen and oxygen atoms in total. The van der Waals surface area contributed by atoms with E-state index in [1.165, 1.54) is 0 Å². The van der Waals surface area contributed by atoms with Crippen molar-refractivity contribution in [1.29, 1.82) is 0 Å². The molecule has 0 saturated heterocycles. The van der Waals surface area contributed by atoms with Crippen molar-refractivity contribution in [3.8, 4) is 0 Å². The first-order chi connectivity index (χ1) is 11.6. The minimum Gasteiger partial charge on any atom is -0.361 e. The summed E-state index contributed by atoms with van der Waals surface area (Å²) in [6.45, 7) is 4.31. The summed E-state index contributed by atoms with van der Waals surface area (Å²) < 4.78 is 0. The van der Waals surface area contributed by atoms with E-state index in [1.807, 2.05) is 56.4 Å². The van der Waals surface area contributed by atoms with Crippen molar-refractivity contribution < 1.29 is 4.79 Å². The van der Waals surface area contributed by atoms with E-state index >= 15 is 0 Å². The first-order valence-corrected chi connectivity index (χ1v) is 8.54. The van der Waals surface area contributed by atoms with Gasteiger partial charge in [0.1, 0.15) is 0 Å². The predicted molar refractivity (Wildman–Crippen MR) is 99.4 cm³/mol. The fourth-order valence-corrected chi connectivity index (χ4v) is 3.20. The Labute approximate surface area is 147 Å². The molecular formula is C20H21ClN2O. The monoisotopic (exact) mass is 340 g/mol. The Morgan fingerprint density at radius 1 is 1.08 bits per heavy atom. The Morgan fingerprint density at radius 3 is 2.54 bits per heavy atom. The van der Waals surface area contributed by atoms with Gasteiger partial charge in [0.05, 0.1) is 0 Å². The van der Waals surface area contributed by atoms with Crippen molar-refractivity contribution in [3.05, 3.63) is 70.9 Å². The second kappa shape index (κ2) is 7.10. The van der Waals surface area contributed by atoms with Crippen LogP contribution >= 0.6 is 11.6 Å². The SMILES string of the molecule is CC(C)C(=O)NC[C@H](c1ccccc1Cl)c1c[nH]c2ccccc12. The third kappa shape index (κ3) is 3.31. The first-order valence-electron chi connectivity index (χ1n) is 8.16. The van der Waals surface area contributed by atoms with Gasteiger partial charge in [-0.3, -0.25) is 4.79 Å². The van der Waals surface area contributed by atoms with Gasteiger partial charge in [-0.2, -0.15) is 0 Å². The van der Waals surface area contributed by atoms with E-state index in [-0.39, 0.29) is 17.7 Å². The quantitative estimate of drug-likeness (QED) is 0.693. The third-order valence-corrected chi connectivity index (χ3v) is 4.63. The highest BCUT2D eigenvalue weighted by Gasteiger charge is 2.21. The zero-order chi connectivity index (χ0) is 17.1. The maximum absolute atomic E-state index is 12.0. The molecule has 0 bridgehead atoms. The van der Waals surface area contributed by atoms with Gasteiger partial charge in [0.2, 0.25) is 5.91 Å². The molecule has 4 heteroatoms. The standard InChI is InChI=1S/C20H21ClN2O/c1-13(2)20(24)23-12-16(14-7-3-5-9-18(14)21)17-11-22-19-10-6-4-8-15(17)19/h3-11,13,16,22H,12H2,1-2H3,(H,23,24)/t16-/m1/s1. The molecule has 0 saturated carbocycles. The van der Waals surface area contributed by atoms with Gasteiger partial charge < -0.3 is 10.3 Å². The average molecular weight is 341 g/mol. The van der Waals surface area contributed by atoms with Crippen LogP contribution in [0.3, 0.4) is 0 Å². The van der Waals surface area contributed by atoms with Gasteiger partial charge in [-0.1, -0.05) is 61.8 Å². The van der Waals surface area contributed by atoms with Crippen LogP contribution in [-0.2, 0) is 4.79 Å². The summed E-state index contributed by atoms with van der Waals surface area (Å²) >= 11 is 6.44. The van der Waals surface area contributed by atoms with Crippen molar-refractivity contribution in [1.82, 2.24) is 10.3 Å². The number of aromatic amines is 1. The smallest absolute Gasteiger partial charge is 0.222 e. The van der Waals surface area contributed by atoms with E-state index in [1.54, 1.807) is 0 Å². The van der Waals surface area contributed by atoms with E-state index in [2.05, 4.69) is 22.4 Å². The van der Waals surface area contributed by atoms with Crippen molar-refractivity contribution in [2.24, 2.45) is 5.92 Å². The fraction of sp³-hybridized carbons (Fsp3) is 0.250. The molecule has 0 aliphatic rings. The van der Waals surface area contributed by atoms with Gasteiger partial charge in [0.25, 0.3) is 0 Å². The highest BCUT2D eigenvalue weighted by Crippen LogP contribution is 2.34. The molecule has 24 heavy (non-hydrogen) atoms. The van der Waals surface area contributed by atoms with Gasteiger partial charge >= 0.3 is 0 Å². The highest BCUT2D eigenvalue weighted by molar-refractivity contribution is 6.31. The van der Waals surface area contributed by atoms with Gasteiger partial charge in [-0.15, -0.1) is 0 Å². The van der Waals surface area contributed by atoms with Gasteiger partial charge in [0.15, 0.2) is 0 Å². The van der Waals surface area contributed by atoms with E-state index in [9.17, 15) is 4.79 Å². The number of nitrogens with one attached hydrogen (secondary N) is 2. The highest BCUT2D eigenvalue weighted by atomic mass is 35.5. The number of amides is 1. The molecular weight excluding hydrogens is 320 g/mol. The lowest BCUT2D eigenvalue weighted by Crippen LogP contribution is -2.32. The second-order valence-corrected chi connectivity index (χ2v) is 6.67. The molecule has 0 radical (unpaired) electrons. The zero-order valence-electron chi connectivity index (χ0n) is 13.8. The van der Waals surface area contributed by atoms with Crippen LogP contribution in [0.25, 0.3) is 10.9 Å². The van der Waals surface area contributed by atoms with Crippen LogP contribution < -0.4 is 5.32 Å². The van der Waals surface area contributed by atoms with Crippen LogP contribution in [0.4, 0.5) is 0 Å². The zero-order valence-corrected chi connectivity index (χ0v) is 14.6. The van der Waals surface area contributed by atoms with Crippen molar-refractivity contribution >= 4 is 28.4 Å². The lowest BCUT2D eigenvalue weighted by atomic mass is 9.90. The molecule has 2 N–H and O–H groups in total. The largest absolute Gasteiger partial charge is 0.361 e. The summed E-state index contributed by atoms with van der Waals surface area (Å²) in [5.41, 5.74) is 3.25. The topological polar surface area (TPSA) is 44.9 Å². The summed E-state index contributed by atoms with van der Waals surface area (Å²) in [6, 6.07) is 16.0. The number of carbonyl (C=O) groups excluding carboxylic acids is 1. The molecule has 1 atom stereocenters. The third-order valence-electron chi connectivity index (χ3n) is 4.28. The number of aromatic nitrogens is 1. The molecule has 1 heterocycles. The van der Waals surface area contributed by atoms with E-state index in [0.717, 1.165) is 22.0 Å².